The van der Waals surface area contributed by atoms with Gasteiger partial charge < -0.3 is 20.3 Å². The summed E-state index contributed by atoms with van der Waals surface area (Å²) in [6, 6.07) is 19.3. The molecule has 1 unspecified atom stereocenters. The molecular formula is C26H23BrN2O6. The van der Waals surface area contributed by atoms with E-state index >= 15 is 0 Å². The number of carboxylic acid groups (broad SMARTS) is 1. The van der Waals surface area contributed by atoms with E-state index in [4.69, 9.17) is 14.9 Å². The number of aliphatic hydroxyl groups excluding tert-OH is 1. The second kappa shape index (κ2) is 10.7. The monoisotopic (exact) mass is 538 g/mol. The number of carbonyl (C=O) groups is 3. The average molecular weight is 539 g/mol. The van der Waals surface area contributed by atoms with Crippen molar-refractivity contribution in [3.05, 3.63) is 87.9 Å². The molecule has 3 aromatic rings. The molecule has 4 rings (SSSR count). The highest BCUT2D eigenvalue weighted by Gasteiger charge is 2.29. The van der Waals surface area contributed by atoms with E-state index < -0.39 is 24.0 Å². The minimum Gasteiger partial charge on any atom is -0.480 e. The third-order valence-electron chi connectivity index (χ3n) is 5.83. The van der Waals surface area contributed by atoms with Gasteiger partial charge >= 0.3 is 12.1 Å². The van der Waals surface area contributed by atoms with Crippen LogP contribution in [0.2, 0.25) is 0 Å². The minimum absolute atomic E-state index is 0.0660. The van der Waals surface area contributed by atoms with Gasteiger partial charge in [0, 0.05) is 29.0 Å². The molecule has 1 aliphatic rings. The van der Waals surface area contributed by atoms with Gasteiger partial charge in [-0.2, -0.15) is 0 Å². The van der Waals surface area contributed by atoms with Gasteiger partial charge in [0.05, 0.1) is 5.69 Å². The number of carbonyl (C=O) groups excluding carboxylic acids is 2. The van der Waals surface area contributed by atoms with E-state index in [0.29, 0.717) is 10.2 Å². The van der Waals surface area contributed by atoms with Crippen LogP contribution >= 0.6 is 15.9 Å². The van der Waals surface area contributed by atoms with Crippen molar-refractivity contribution in [2.45, 2.75) is 18.4 Å². The van der Waals surface area contributed by atoms with Crippen molar-refractivity contribution in [1.29, 1.82) is 0 Å². The lowest BCUT2D eigenvalue weighted by Crippen LogP contribution is -2.41. The zero-order valence-electron chi connectivity index (χ0n) is 18.5. The Bertz CT molecular complexity index is 1230. The largest absolute Gasteiger partial charge is 0.480 e. The van der Waals surface area contributed by atoms with E-state index in [1.165, 1.54) is 18.2 Å². The molecule has 9 heteroatoms. The predicted molar refractivity (Wildman–Crippen MR) is 133 cm³/mol. The number of aliphatic hydroxyl groups is 1. The van der Waals surface area contributed by atoms with Gasteiger partial charge in [0.25, 0.3) is 5.91 Å². The van der Waals surface area contributed by atoms with Gasteiger partial charge in [-0.25, -0.2) is 9.59 Å². The number of anilines is 1. The van der Waals surface area contributed by atoms with Gasteiger partial charge in [-0.3, -0.25) is 10.1 Å². The molecule has 4 N–H and O–H groups in total. The molecule has 0 saturated heterocycles. The number of rotatable bonds is 8. The number of amides is 2. The molecule has 2 amide bonds. The maximum absolute atomic E-state index is 12.5. The van der Waals surface area contributed by atoms with E-state index in [0.717, 1.165) is 22.3 Å². The van der Waals surface area contributed by atoms with Gasteiger partial charge in [-0.05, 0) is 56.4 Å². The molecule has 0 aliphatic heterocycles. The number of hydrogen-bond acceptors (Lipinski definition) is 5. The van der Waals surface area contributed by atoms with Crippen LogP contribution < -0.4 is 10.6 Å². The van der Waals surface area contributed by atoms with Crippen LogP contribution in [0.3, 0.4) is 0 Å². The molecule has 180 valence electrons. The fourth-order valence-corrected chi connectivity index (χ4v) is 4.61. The maximum atomic E-state index is 12.5. The minimum atomic E-state index is -1.24. The normalized spacial score (nSPS) is 12.9. The average Bonchev–Trinajstić information content (AvgIpc) is 3.17. The third-order valence-corrected chi connectivity index (χ3v) is 6.49. The Hall–Kier alpha value is -3.69. The summed E-state index contributed by atoms with van der Waals surface area (Å²) in [5.74, 6) is -1.91. The first kappa shape index (κ1) is 24.4. The molecule has 0 aromatic heterocycles. The van der Waals surface area contributed by atoms with E-state index in [9.17, 15) is 14.4 Å². The van der Waals surface area contributed by atoms with Crippen molar-refractivity contribution in [1.82, 2.24) is 5.32 Å². The zero-order chi connectivity index (χ0) is 24.9. The first-order valence-corrected chi connectivity index (χ1v) is 11.7. The van der Waals surface area contributed by atoms with E-state index in [-0.39, 0.29) is 31.1 Å². The predicted octanol–water partition coefficient (Wildman–Crippen LogP) is 4.38. The van der Waals surface area contributed by atoms with Crippen LogP contribution in [0.5, 0.6) is 0 Å². The molecule has 0 radical (unpaired) electrons. The lowest BCUT2D eigenvalue weighted by molar-refractivity contribution is -0.139. The highest BCUT2D eigenvalue weighted by atomic mass is 79.9. The number of ether oxygens (including phenoxy) is 1. The summed E-state index contributed by atoms with van der Waals surface area (Å²) >= 11 is 3.32. The van der Waals surface area contributed by atoms with Crippen molar-refractivity contribution >= 4 is 39.6 Å². The Labute approximate surface area is 210 Å². The van der Waals surface area contributed by atoms with E-state index in [2.05, 4.69) is 38.7 Å². The Balaban J connectivity index is 1.39. The summed E-state index contributed by atoms with van der Waals surface area (Å²) in [4.78, 5) is 36.1. The number of hydrogen-bond donors (Lipinski definition) is 4. The highest BCUT2D eigenvalue weighted by Crippen LogP contribution is 2.44. The van der Waals surface area contributed by atoms with Gasteiger partial charge in [-0.15, -0.1) is 0 Å². The summed E-state index contributed by atoms with van der Waals surface area (Å²) < 4.78 is 5.97. The highest BCUT2D eigenvalue weighted by molar-refractivity contribution is 9.10. The number of fused-ring (bicyclic) bond motifs is 3. The van der Waals surface area contributed by atoms with Gasteiger partial charge in [0.1, 0.15) is 12.6 Å². The molecule has 1 aliphatic carbocycles. The van der Waals surface area contributed by atoms with Crippen molar-refractivity contribution in [3.8, 4) is 11.1 Å². The zero-order valence-corrected chi connectivity index (χ0v) is 20.1. The first-order chi connectivity index (χ1) is 16.9. The Morgan fingerprint density at radius 3 is 2.17 bits per heavy atom. The fraction of sp³-hybridized carbons (Fsp3) is 0.192. The fourth-order valence-electron chi connectivity index (χ4n) is 4.13. The molecule has 8 nitrogen and oxygen atoms in total. The van der Waals surface area contributed by atoms with Crippen molar-refractivity contribution in [3.63, 3.8) is 0 Å². The van der Waals surface area contributed by atoms with Crippen LogP contribution in [0.1, 0.15) is 33.8 Å². The number of carboxylic acids is 1. The van der Waals surface area contributed by atoms with Gasteiger partial charge in [-0.1, -0.05) is 48.5 Å². The molecule has 1 atom stereocenters. The molecule has 0 bridgehead atoms. The molecular weight excluding hydrogens is 516 g/mol. The van der Waals surface area contributed by atoms with Crippen LogP contribution in [0.15, 0.2) is 71.2 Å². The summed E-state index contributed by atoms with van der Waals surface area (Å²) in [7, 11) is 0. The van der Waals surface area contributed by atoms with Crippen LogP contribution in [-0.2, 0) is 9.53 Å². The summed E-state index contributed by atoms with van der Waals surface area (Å²) in [5.41, 5.74) is 5.08. The molecule has 0 spiro atoms. The number of nitrogens with one attached hydrogen (secondary N) is 2. The molecule has 0 saturated carbocycles. The summed E-state index contributed by atoms with van der Waals surface area (Å²) in [5, 5.41) is 23.1. The molecule has 35 heavy (non-hydrogen) atoms. The topological polar surface area (TPSA) is 125 Å². The van der Waals surface area contributed by atoms with Crippen LogP contribution in [0.4, 0.5) is 10.5 Å². The second-order valence-corrected chi connectivity index (χ2v) is 8.88. The standard InChI is InChI=1S/C26H23BrN2O6/c27-21-13-15(24(31)28-23(11-12-30)25(32)33)9-10-22(21)29-26(34)35-14-20-18-7-3-1-5-16(18)17-6-2-4-8-19(17)20/h1-10,13,20,23,30H,11-12,14H2,(H,28,31)(H,29,34)(H,32,33). The van der Waals surface area contributed by atoms with Crippen molar-refractivity contribution in [2.24, 2.45) is 0 Å². The van der Waals surface area contributed by atoms with E-state index in [1.807, 2.05) is 36.4 Å². The summed E-state index contributed by atoms with van der Waals surface area (Å²) in [6.07, 6.45) is -0.748. The molecule has 0 heterocycles. The SMILES string of the molecule is O=C(Nc1ccc(C(=O)NC(CCO)C(=O)O)cc1Br)OCC1c2ccccc2-c2ccccc21. The third kappa shape index (κ3) is 5.36. The second-order valence-electron chi connectivity index (χ2n) is 8.02. The summed E-state index contributed by atoms with van der Waals surface area (Å²) in [6.45, 7) is -0.205. The maximum Gasteiger partial charge on any atom is 0.411 e. The smallest absolute Gasteiger partial charge is 0.411 e. The molecule has 0 fully saturated rings. The first-order valence-electron chi connectivity index (χ1n) is 10.9. The Morgan fingerprint density at radius 1 is 0.971 bits per heavy atom. The Kier molecular flexibility index (Phi) is 7.48. The lowest BCUT2D eigenvalue weighted by atomic mass is 9.98. The lowest BCUT2D eigenvalue weighted by Gasteiger charge is -2.16. The number of aliphatic carboxylic acids is 1. The quantitative estimate of drug-likeness (QED) is 0.337. The van der Waals surface area contributed by atoms with Crippen LogP contribution in [0.25, 0.3) is 11.1 Å². The Morgan fingerprint density at radius 2 is 1.60 bits per heavy atom. The van der Waals surface area contributed by atoms with E-state index in [1.54, 1.807) is 0 Å². The van der Waals surface area contributed by atoms with Crippen LogP contribution in [0, 0.1) is 0 Å². The van der Waals surface area contributed by atoms with Gasteiger partial charge in [0.2, 0.25) is 0 Å². The molecule has 3 aromatic carbocycles. The number of benzene rings is 3. The van der Waals surface area contributed by atoms with Crippen LogP contribution in [-0.4, -0.2) is 47.4 Å². The van der Waals surface area contributed by atoms with Crippen molar-refractivity contribution < 1.29 is 29.3 Å². The van der Waals surface area contributed by atoms with Crippen molar-refractivity contribution in [2.75, 3.05) is 18.5 Å². The van der Waals surface area contributed by atoms with Gasteiger partial charge in [0.15, 0.2) is 0 Å². The number of halogens is 1.